The summed E-state index contributed by atoms with van der Waals surface area (Å²) in [5.74, 6) is 0.0259. The van der Waals surface area contributed by atoms with Gasteiger partial charge in [-0.05, 0) is 44.7 Å². The summed E-state index contributed by atoms with van der Waals surface area (Å²) in [7, 11) is -3.78. The highest BCUT2D eigenvalue weighted by Gasteiger charge is 2.31. The molecule has 9 heteroatoms. The van der Waals surface area contributed by atoms with Crippen LogP contribution < -0.4 is 9.62 Å². The fraction of sp³-hybridized carbons (Fsp3) is 0.545. The zero-order valence-corrected chi connectivity index (χ0v) is 20.3. The largest absolute Gasteiger partial charge is 0.346 e. The zero-order valence-electron chi connectivity index (χ0n) is 18.7. The highest BCUT2D eigenvalue weighted by atomic mass is 32.2. The number of hydrogen-bond donors (Lipinski definition) is 1. The molecule has 2 aromatic rings. The highest BCUT2D eigenvalue weighted by molar-refractivity contribution is 7.89. The van der Waals surface area contributed by atoms with Crippen LogP contribution in [0.15, 0.2) is 34.5 Å². The molecule has 1 amide bonds. The van der Waals surface area contributed by atoms with Gasteiger partial charge in [-0.2, -0.15) is 4.72 Å². The number of aromatic nitrogens is 1. The van der Waals surface area contributed by atoms with Crippen LogP contribution in [0, 0.1) is 19.8 Å². The number of carbonyl (C=O) groups is 1. The molecule has 7 nitrogen and oxygen atoms in total. The Kier molecular flexibility index (Phi) is 7.72. The predicted octanol–water partition coefficient (Wildman–Crippen LogP) is 3.19. The molecule has 3 rings (SSSR count). The molecule has 1 aliphatic rings. The molecular weight excluding hydrogens is 432 g/mol. The Labute approximate surface area is 189 Å². The van der Waals surface area contributed by atoms with Gasteiger partial charge in [-0.25, -0.2) is 13.4 Å². The molecule has 170 valence electrons. The number of benzene rings is 1. The van der Waals surface area contributed by atoms with E-state index in [1.54, 1.807) is 40.5 Å². The maximum Gasteiger partial charge on any atom is 0.241 e. The van der Waals surface area contributed by atoms with Crippen LogP contribution in [0.3, 0.4) is 0 Å². The lowest BCUT2D eigenvalue weighted by molar-refractivity contribution is -0.133. The topological polar surface area (TPSA) is 82.6 Å². The summed E-state index contributed by atoms with van der Waals surface area (Å²) in [6, 6.07) is 5.90. The predicted molar refractivity (Wildman–Crippen MR) is 125 cm³/mol. The van der Waals surface area contributed by atoms with Crippen LogP contribution in [-0.2, 0) is 14.8 Å². The number of hydrogen-bond acceptors (Lipinski definition) is 6. The maximum atomic E-state index is 13.4. The SMILES string of the molecule is Cc1ccc(S(=O)(=O)NC(CC(C)C)C(=O)N2CCCN(c3nc(C)cs3)CC2)cc1. The number of nitrogens with one attached hydrogen (secondary N) is 1. The summed E-state index contributed by atoms with van der Waals surface area (Å²) in [6.07, 6.45) is 1.28. The third kappa shape index (κ3) is 6.27. The molecule has 1 aliphatic heterocycles. The smallest absolute Gasteiger partial charge is 0.241 e. The molecule has 1 aromatic heterocycles. The first-order valence-corrected chi connectivity index (χ1v) is 13.1. The summed E-state index contributed by atoms with van der Waals surface area (Å²) in [5, 5.41) is 3.01. The van der Waals surface area contributed by atoms with Crippen molar-refractivity contribution in [3.05, 3.63) is 40.9 Å². The van der Waals surface area contributed by atoms with Crippen molar-refractivity contribution in [1.29, 1.82) is 0 Å². The number of amides is 1. The van der Waals surface area contributed by atoms with Crippen molar-refractivity contribution >= 4 is 32.4 Å². The van der Waals surface area contributed by atoms with Gasteiger partial charge in [0.05, 0.1) is 10.6 Å². The first kappa shape index (κ1) is 23.7. The Morgan fingerprint density at radius 1 is 1.13 bits per heavy atom. The summed E-state index contributed by atoms with van der Waals surface area (Å²) in [6.45, 7) is 10.6. The normalized spacial score (nSPS) is 16.4. The minimum absolute atomic E-state index is 0.151. The molecule has 0 aliphatic carbocycles. The van der Waals surface area contributed by atoms with Gasteiger partial charge in [-0.15, -0.1) is 11.3 Å². The maximum absolute atomic E-state index is 13.4. The number of aryl methyl sites for hydroxylation is 2. The van der Waals surface area contributed by atoms with E-state index in [4.69, 9.17) is 0 Å². The molecule has 0 bridgehead atoms. The van der Waals surface area contributed by atoms with E-state index in [0.717, 1.165) is 29.4 Å². The molecule has 0 radical (unpaired) electrons. The lowest BCUT2D eigenvalue weighted by Gasteiger charge is -2.28. The molecule has 1 saturated heterocycles. The quantitative estimate of drug-likeness (QED) is 0.680. The number of anilines is 1. The number of carbonyl (C=O) groups excluding carboxylic acids is 1. The van der Waals surface area contributed by atoms with Gasteiger partial charge < -0.3 is 9.80 Å². The summed E-state index contributed by atoms with van der Waals surface area (Å²) >= 11 is 1.62. The van der Waals surface area contributed by atoms with Crippen LogP contribution in [0.5, 0.6) is 0 Å². The third-order valence-electron chi connectivity index (χ3n) is 5.32. The van der Waals surface area contributed by atoms with E-state index in [9.17, 15) is 13.2 Å². The van der Waals surface area contributed by atoms with Gasteiger partial charge in [-0.1, -0.05) is 31.5 Å². The van der Waals surface area contributed by atoms with Crippen LogP contribution in [0.25, 0.3) is 0 Å². The van der Waals surface area contributed by atoms with Gasteiger partial charge in [0.15, 0.2) is 5.13 Å². The van der Waals surface area contributed by atoms with Crippen LogP contribution in [0.1, 0.15) is 37.9 Å². The number of rotatable bonds is 7. The van der Waals surface area contributed by atoms with E-state index in [2.05, 4.69) is 14.6 Å². The van der Waals surface area contributed by atoms with E-state index in [1.165, 1.54) is 0 Å². The first-order valence-electron chi connectivity index (χ1n) is 10.7. The van der Waals surface area contributed by atoms with Crippen molar-refractivity contribution in [3.8, 4) is 0 Å². The second kappa shape index (κ2) is 10.1. The molecule has 2 heterocycles. The molecule has 0 saturated carbocycles. The van der Waals surface area contributed by atoms with Crippen LogP contribution in [-0.4, -0.2) is 56.4 Å². The molecular formula is C22H32N4O3S2. The van der Waals surface area contributed by atoms with Gasteiger partial charge in [0.1, 0.15) is 6.04 Å². The number of nitrogens with zero attached hydrogens (tertiary/aromatic N) is 3. The van der Waals surface area contributed by atoms with Gasteiger partial charge in [0.25, 0.3) is 0 Å². The Hall–Kier alpha value is -1.97. The minimum Gasteiger partial charge on any atom is -0.346 e. The lowest BCUT2D eigenvalue weighted by atomic mass is 10.0. The van der Waals surface area contributed by atoms with Crippen molar-refractivity contribution in [2.75, 3.05) is 31.1 Å². The lowest BCUT2D eigenvalue weighted by Crippen LogP contribution is -2.50. The molecule has 31 heavy (non-hydrogen) atoms. The fourth-order valence-corrected chi connectivity index (χ4v) is 5.74. The minimum atomic E-state index is -3.78. The molecule has 1 atom stereocenters. The van der Waals surface area contributed by atoms with Crippen molar-refractivity contribution < 1.29 is 13.2 Å². The molecule has 0 spiro atoms. The van der Waals surface area contributed by atoms with Crippen molar-refractivity contribution in [2.24, 2.45) is 5.92 Å². The van der Waals surface area contributed by atoms with Crippen molar-refractivity contribution in [3.63, 3.8) is 0 Å². The van der Waals surface area contributed by atoms with Gasteiger partial charge >= 0.3 is 0 Å². The van der Waals surface area contributed by atoms with Gasteiger partial charge in [0.2, 0.25) is 15.9 Å². The van der Waals surface area contributed by atoms with Gasteiger partial charge in [0, 0.05) is 31.6 Å². The summed E-state index contributed by atoms with van der Waals surface area (Å²) in [4.78, 5) is 22.1. The Morgan fingerprint density at radius 3 is 2.45 bits per heavy atom. The molecule has 1 fully saturated rings. The Balaban J connectivity index is 1.72. The first-order chi connectivity index (χ1) is 14.7. The monoisotopic (exact) mass is 464 g/mol. The zero-order chi connectivity index (χ0) is 22.6. The number of thiazole rings is 1. The van der Waals surface area contributed by atoms with E-state index in [-0.39, 0.29) is 16.7 Å². The Morgan fingerprint density at radius 2 is 1.84 bits per heavy atom. The molecule has 1 unspecified atom stereocenters. The van der Waals surface area contributed by atoms with E-state index < -0.39 is 16.1 Å². The van der Waals surface area contributed by atoms with Crippen LogP contribution in [0.4, 0.5) is 5.13 Å². The van der Waals surface area contributed by atoms with Crippen molar-refractivity contribution in [2.45, 2.75) is 51.5 Å². The summed E-state index contributed by atoms with van der Waals surface area (Å²) in [5.41, 5.74) is 1.98. The average molecular weight is 465 g/mol. The second-order valence-electron chi connectivity index (χ2n) is 8.55. The van der Waals surface area contributed by atoms with E-state index in [0.29, 0.717) is 26.1 Å². The van der Waals surface area contributed by atoms with E-state index >= 15 is 0 Å². The highest BCUT2D eigenvalue weighted by Crippen LogP contribution is 2.22. The third-order valence-corrected chi connectivity index (χ3v) is 7.83. The fourth-order valence-electron chi connectivity index (χ4n) is 3.68. The number of sulfonamides is 1. The van der Waals surface area contributed by atoms with Crippen molar-refractivity contribution in [1.82, 2.24) is 14.6 Å². The Bertz CT molecular complexity index is 986. The van der Waals surface area contributed by atoms with Gasteiger partial charge in [-0.3, -0.25) is 4.79 Å². The van der Waals surface area contributed by atoms with E-state index in [1.807, 2.05) is 33.1 Å². The van der Waals surface area contributed by atoms with Crippen LogP contribution in [0.2, 0.25) is 0 Å². The molecule has 1 N–H and O–H groups in total. The second-order valence-corrected chi connectivity index (χ2v) is 11.1. The molecule has 1 aromatic carbocycles. The summed E-state index contributed by atoms with van der Waals surface area (Å²) < 4.78 is 28.5. The average Bonchev–Trinajstić information content (AvgIpc) is 2.98. The standard InChI is InChI=1S/C22H32N4O3S2/c1-16(2)14-20(24-31(28,29)19-8-6-17(3)7-9-19)21(27)25-10-5-11-26(13-12-25)22-23-18(4)15-30-22/h6-9,15-16,20,24H,5,10-14H2,1-4H3. The van der Waals surface area contributed by atoms with Crippen LogP contribution >= 0.6 is 11.3 Å².